The van der Waals surface area contributed by atoms with E-state index in [-0.39, 0.29) is 11.0 Å². The lowest BCUT2D eigenvalue weighted by atomic mass is 10.1. The Hall–Kier alpha value is -2.65. The molecule has 7 nitrogen and oxygen atoms in total. The summed E-state index contributed by atoms with van der Waals surface area (Å²) in [7, 11) is 6.18. The molecule has 0 aliphatic carbocycles. The zero-order valence-electron chi connectivity index (χ0n) is 15.7. The van der Waals surface area contributed by atoms with Crippen molar-refractivity contribution in [1.82, 2.24) is 4.90 Å². The van der Waals surface area contributed by atoms with Crippen LogP contribution in [-0.2, 0) is 4.74 Å². The third kappa shape index (κ3) is 4.75. The van der Waals surface area contributed by atoms with Crippen LogP contribution < -0.4 is 15.4 Å². The molecular formula is C18H21N3O4S2. The van der Waals surface area contributed by atoms with Gasteiger partial charge in [0.15, 0.2) is 5.11 Å². The number of hydrogen-bond donors (Lipinski definition) is 2. The summed E-state index contributed by atoms with van der Waals surface area (Å²) in [5.41, 5.74) is 1.57. The summed E-state index contributed by atoms with van der Waals surface area (Å²) in [5.74, 6) is -0.0421. The molecule has 0 saturated carbocycles. The highest BCUT2D eigenvalue weighted by Crippen LogP contribution is 2.34. The van der Waals surface area contributed by atoms with Crippen molar-refractivity contribution >= 4 is 51.2 Å². The fraction of sp³-hybridized carbons (Fsp3) is 0.278. The molecular weight excluding hydrogens is 386 g/mol. The number of anilines is 2. The lowest BCUT2D eigenvalue weighted by Crippen LogP contribution is -2.21. The summed E-state index contributed by atoms with van der Waals surface area (Å²) >= 11 is 6.50. The van der Waals surface area contributed by atoms with Gasteiger partial charge in [-0.3, -0.25) is 4.79 Å². The molecule has 2 N–H and O–H groups in total. The predicted molar refractivity (Wildman–Crippen MR) is 111 cm³/mol. The van der Waals surface area contributed by atoms with E-state index in [1.807, 2.05) is 18.2 Å². The lowest BCUT2D eigenvalue weighted by molar-refractivity contribution is 0.0601. The van der Waals surface area contributed by atoms with Crippen molar-refractivity contribution in [3.63, 3.8) is 0 Å². The Bertz CT molecular complexity index is 877. The van der Waals surface area contributed by atoms with Gasteiger partial charge >= 0.3 is 5.97 Å². The molecule has 0 unspecified atom stereocenters. The van der Waals surface area contributed by atoms with Crippen LogP contribution in [0.5, 0.6) is 5.75 Å². The van der Waals surface area contributed by atoms with Gasteiger partial charge in [-0.05, 0) is 36.8 Å². The molecule has 0 bridgehead atoms. The molecule has 0 atom stereocenters. The van der Waals surface area contributed by atoms with Gasteiger partial charge in [-0.1, -0.05) is 6.07 Å². The van der Waals surface area contributed by atoms with Gasteiger partial charge in [0.1, 0.15) is 10.8 Å². The maximum atomic E-state index is 12.4. The van der Waals surface area contributed by atoms with Crippen LogP contribution in [0.2, 0.25) is 0 Å². The second-order valence-electron chi connectivity index (χ2n) is 5.76. The Balaban J connectivity index is 2.30. The lowest BCUT2D eigenvalue weighted by Gasteiger charge is -2.11. The second-order valence-corrected chi connectivity index (χ2v) is 7.19. The monoisotopic (exact) mass is 407 g/mol. The summed E-state index contributed by atoms with van der Waals surface area (Å²) in [6.45, 7) is 1.71. The van der Waals surface area contributed by atoms with E-state index in [2.05, 4.69) is 10.6 Å². The van der Waals surface area contributed by atoms with Crippen molar-refractivity contribution in [1.29, 1.82) is 0 Å². The standard InChI is InChI=1S/C18H21N3O4S2/c1-10-13(17(23)25-5)15(27-14(10)16(22)21(2)3)20-18(26)19-11-7-6-8-12(9-11)24-4/h6-9H,1-5H3,(H2,19,20,26). The van der Waals surface area contributed by atoms with Crippen molar-refractivity contribution in [3.05, 3.63) is 40.3 Å². The number of benzene rings is 1. The average Bonchev–Trinajstić information content (AvgIpc) is 2.96. The number of nitrogens with zero attached hydrogens (tertiary/aromatic N) is 1. The number of thiocarbonyl (C=S) groups is 1. The molecule has 2 aromatic rings. The number of methoxy groups -OCH3 is 2. The molecule has 1 amide bonds. The number of thiophene rings is 1. The van der Waals surface area contributed by atoms with E-state index >= 15 is 0 Å². The molecule has 1 heterocycles. The molecule has 2 rings (SSSR count). The Labute approximate surface area is 167 Å². The molecule has 0 radical (unpaired) electrons. The zero-order chi connectivity index (χ0) is 20.1. The average molecular weight is 408 g/mol. The summed E-state index contributed by atoms with van der Waals surface area (Å²) in [5, 5.41) is 6.75. The minimum Gasteiger partial charge on any atom is -0.497 e. The van der Waals surface area contributed by atoms with Gasteiger partial charge in [-0.25, -0.2) is 4.79 Å². The van der Waals surface area contributed by atoms with E-state index in [1.165, 1.54) is 12.0 Å². The number of rotatable bonds is 5. The minimum absolute atomic E-state index is 0.192. The number of nitrogens with one attached hydrogen (secondary N) is 2. The van der Waals surface area contributed by atoms with Crippen molar-refractivity contribution in [2.75, 3.05) is 38.9 Å². The summed E-state index contributed by atoms with van der Waals surface area (Å²) in [6.07, 6.45) is 0. The van der Waals surface area contributed by atoms with E-state index in [1.54, 1.807) is 34.2 Å². The predicted octanol–water partition coefficient (Wildman–Crippen LogP) is 3.36. The maximum absolute atomic E-state index is 12.4. The third-order valence-corrected chi connectivity index (χ3v) is 5.09. The first-order valence-corrected chi connectivity index (χ1v) is 9.16. The molecule has 1 aromatic heterocycles. The number of ether oxygens (including phenoxy) is 2. The van der Waals surface area contributed by atoms with Gasteiger partial charge in [0.05, 0.1) is 24.7 Å². The molecule has 0 saturated heterocycles. The number of carbonyl (C=O) groups excluding carboxylic acids is 2. The van der Waals surface area contributed by atoms with Gasteiger partial charge < -0.3 is 25.0 Å². The van der Waals surface area contributed by atoms with Crippen LogP contribution in [0.15, 0.2) is 24.3 Å². The smallest absolute Gasteiger partial charge is 0.341 e. The van der Waals surface area contributed by atoms with Gasteiger partial charge in [0.2, 0.25) is 0 Å². The van der Waals surface area contributed by atoms with E-state index in [9.17, 15) is 9.59 Å². The fourth-order valence-corrected chi connectivity index (χ4v) is 3.83. The van der Waals surface area contributed by atoms with Crippen molar-refractivity contribution in [2.24, 2.45) is 0 Å². The highest BCUT2D eigenvalue weighted by molar-refractivity contribution is 7.80. The quantitative estimate of drug-likeness (QED) is 0.581. The number of carbonyl (C=O) groups is 2. The van der Waals surface area contributed by atoms with Gasteiger partial charge in [0.25, 0.3) is 5.91 Å². The van der Waals surface area contributed by atoms with Crippen LogP contribution in [0.25, 0.3) is 0 Å². The van der Waals surface area contributed by atoms with E-state index in [0.29, 0.717) is 26.8 Å². The summed E-state index contributed by atoms with van der Waals surface area (Å²) in [6, 6.07) is 7.26. The fourth-order valence-electron chi connectivity index (χ4n) is 2.32. The minimum atomic E-state index is -0.534. The zero-order valence-corrected chi connectivity index (χ0v) is 17.3. The second kappa shape index (κ2) is 8.83. The Kier molecular flexibility index (Phi) is 6.75. The van der Waals surface area contributed by atoms with Gasteiger partial charge in [0, 0.05) is 25.8 Å². The first-order valence-electron chi connectivity index (χ1n) is 7.93. The SMILES string of the molecule is COC(=O)c1c(NC(=S)Nc2cccc(OC)c2)sc(C(=O)N(C)C)c1C. The molecule has 9 heteroatoms. The van der Waals surface area contributed by atoms with Crippen LogP contribution in [0.3, 0.4) is 0 Å². The first kappa shape index (κ1) is 20.7. The Morgan fingerprint density at radius 1 is 1.19 bits per heavy atom. The molecule has 0 aliphatic rings. The molecule has 0 fully saturated rings. The topological polar surface area (TPSA) is 79.9 Å². The summed E-state index contributed by atoms with van der Waals surface area (Å²) in [4.78, 5) is 26.5. The van der Waals surface area contributed by atoms with Crippen LogP contribution in [0.4, 0.5) is 10.7 Å². The largest absolute Gasteiger partial charge is 0.497 e. The Morgan fingerprint density at radius 2 is 1.89 bits per heavy atom. The van der Waals surface area contributed by atoms with Gasteiger partial charge in [-0.15, -0.1) is 11.3 Å². The van der Waals surface area contributed by atoms with Crippen LogP contribution in [0.1, 0.15) is 25.6 Å². The van der Waals surface area contributed by atoms with E-state index in [4.69, 9.17) is 21.7 Å². The van der Waals surface area contributed by atoms with Crippen molar-refractivity contribution < 1.29 is 19.1 Å². The third-order valence-electron chi connectivity index (χ3n) is 3.69. The van der Waals surface area contributed by atoms with Crippen LogP contribution in [-0.4, -0.2) is 50.2 Å². The highest BCUT2D eigenvalue weighted by atomic mass is 32.1. The molecule has 1 aromatic carbocycles. The van der Waals surface area contributed by atoms with E-state index in [0.717, 1.165) is 17.0 Å². The summed E-state index contributed by atoms with van der Waals surface area (Å²) < 4.78 is 10.0. The van der Waals surface area contributed by atoms with Crippen LogP contribution in [0, 0.1) is 6.92 Å². The van der Waals surface area contributed by atoms with E-state index < -0.39 is 5.97 Å². The number of amides is 1. The molecule has 144 valence electrons. The Morgan fingerprint density at radius 3 is 2.48 bits per heavy atom. The molecule has 27 heavy (non-hydrogen) atoms. The van der Waals surface area contributed by atoms with Crippen LogP contribution >= 0.6 is 23.6 Å². The molecule has 0 aliphatic heterocycles. The normalized spacial score (nSPS) is 10.1. The molecule has 0 spiro atoms. The maximum Gasteiger partial charge on any atom is 0.341 e. The van der Waals surface area contributed by atoms with Crippen molar-refractivity contribution in [2.45, 2.75) is 6.92 Å². The number of esters is 1. The number of hydrogen-bond acceptors (Lipinski definition) is 6. The highest BCUT2D eigenvalue weighted by Gasteiger charge is 2.26. The first-order chi connectivity index (χ1) is 12.8. The van der Waals surface area contributed by atoms with Crippen molar-refractivity contribution in [3.8, 4) is 5.75 Å². The van der Waals surface area contributed by atoms with Gasteiger partial charge in [-0.2, -0.15) is 0 Å².